The fourth-order valence-corrected chi connectivity index (χ4v) is 2.38. The SMILES string of the molecule is Cc1ccoc1CNCCc1cccc2cccnc12. The molecule has 2 heterocycles. The number of fused-ring (bicyclic) bond motifs is 1. The molecule has 0 amide bonds. The Labute approximate surface area is 118 Å². The van der Waals surface area contributed by atoms with E-state index in [9.17, 15) is 0 Å². The molecule has 0 aliphatic heterocycles. The third-order valence-electron chi connectivity index (χ3n) is 3.54. The van der Waals surface area contributed by atoms with Crippen LogP contribution in [-0.2, 0) is 13.0 Å². The van der Waals surface area contributed by atoms with Crippen LogP contribution in [0.3, 0.4) is 0 Å². The average molecular weight is 266 g/mol. The first kappa shape index (κ1) is 12.9. The Kier molecular flexibility index (Phi) is 3.79. The summed E-state index contributed by atoms with van der Waals surface area (Å²) in [5, 5.41) is 4.62. The standard InChI is InChI=1S/C17H18N2O/c1-13-8-11-20-16(13)12-18-10-7-15-5-2-4-14-6-3-9-19-17(14)15/h2-6,8-9,11,18H,7,10,12H2,1H3. The highest BCUT2D eigenvalue weighted by Gasteiger charge is 2.03. The van der Waals surface area contributed by atoms with Gasteiger partial charge in [-0.2, -0.15) is 0 Å². The van der Waals surface area contributed by atoms with Crippen molar-refractivity contribution in [3.63, 3.8) is 0 Å². The molecule has 3 nitrogen and oxygen atoms in total. The number of hydrogen-bond acceptors (Lipinski definition) is 3. The highest BCUT2D eigenvalue weighted by molar-refractivity contribution is 5.81. The Morgan fingerprint density at radius 2 is 2.05 bits per heavy atom. The molecule has 2 aromatic heterocycles. The molecule has 1 N–H and O–H groups in total. The van der Waals surface area contributed by atoms with Crippen LogP contribution >= 0.6 is 0 Å². The second-order valence-electron chi connectivity index (χ2n) is 4.95. The van der Waals surface area contributed by atoms with Gasteiger partial charge in [0.2, 0.25) is 0 Å². The Bertz CT molecular complexity index is 698. The minimum atomic E-state index is 0.775. The van der Waals surface area contributed by atoms with E-state index in [1.165, 1.54) is 16.5 Å². The zero-order valence-electron chi connectivity index (χ0n) is 11.6. The highest BCUT2D eigenvalue weighted by atomic mass is 16.3. The van der Waals surface area contributed by atoms with E-state index in [0.29, 0.717) is 0 Å². The smallest absolute Gasteiger partial charge is 0.120 e. The molecule has 20 heavy (non-hydrogen) atoms. The zero-order chi connectivity index (χ0) is 13.8. The molecule has 0 bridgehead atoms. The predicted molar refractivity (Wildman–Crippen MR) is 80.6 cm³/mol. The van der Waals surface area contributed by atoms with Crippen molar-refractivity contribution in [1.82, 2.24) is 10.3 Å². The molecule has 3 heteroatoms. The Morgan fingerprint density at radius 1 is 1.15 bits per heavy atom. The van der Waals surface area contributed by atoms with Crippen molar-refractivity contribution in [3.8, 4) is 0 Å². The number of nitrogens with zero attached hydrogens (tertiary/aromatic N) is 1. The predicted octanol–water partition coefficient (Wildman–Crippen LogP) is 3.47. The molecule has 102 valence electrons. The molecule has 0 atom stereocenters. The summed E-state index contributed by atoms with van der Waals surface area (Å²) >= 11 is 0. The van der Waals surface area contributed by atoms with Crippen LogP contribution in [0.2, 0.25) is 0 Å². The summed E-state index contributed by atoms with van der Waals surface area (Å²) in [7, 11) is 0. The largest absolute Gasteiger partial charge is 0.468 e. The normalized spacial score (nSPS) is 11.1. The van der Waals surface area contributed by atoms with Gasteiger partial charge in [-0.3, -0.25) is 4.98 Å². The summed E-state index contributed by atoms with van der Waals surface area (Å²) in [4.78, 5) is 4.48. The lowest BCUT2D eigenvalue weighted by molar-refractivity contribution is 0.481. The summed E-state index contributed by atoms with van der Waals surface area (Å²) in [6.45, 7) is 3.75. The van der Waals surface area contributed by atoms with Crippen LogP contribution in [0.1, 0.15) is 16.9 Å². The van der Waals surface area contributed by atoms with Crippen LogP contribution < -0.4 is 5.32 Å². The maximum absolute atomic E-state index is 5.41. The molecule has 0 radical (unpaired) electrons. The number of benzene rings is 1. The molecular weight excluding hydrogens is 248 g/mol. The molecule has 0 aliphatic rings. The lowest BCUT2D eigenvalue weighted by Gasteiger charge is -2.06. The van der Waals surface area contributed by atoms with Crippen LogP contribution in [-0.4, -0.2) is 11.5 Å². The van der Waals surface area contributed by atoms with Gasteiger partial charge in [-0.15, -0.1) is 0 Å². The monoisotopic (exact) mass is 266 g/mol. The van der Waals surface area contributed by atoms with Gasteiger partial charge >= 0.3 is 0 Å². The highest BCUT2D eigenvalue weighted by Crippen LogP contribution is 2.16. The molecule has 0 spiro atoms. The number of pyridine rings is 1. The van der Waals surface area contributed by atoms with E-state index < -0.39 is 0 Å². The minimum absolute atomic E-state index is 0.775. The molecule has 3 aromatic rings. The average Bonchev–Trinajstić information content (AvgIpc) is 2.89. The van der Waals surface area contributed by atoms with Gasteiger partial charge in [0, 0.05) is 11.6 Å². The molecule has 3 rings (SSSR count). The third kappa shape index (κ3) is 2.73. The molecule has 0 unspecified atom stereocenters. The van der Waals surface area contributed by atoms with Crippen molar-refractivity contribution in [2.45, 2.75) is 19.9 Å². The van der Waals surface area contributed by atoms with E-state index in [1.807, 2.05) is 18.3 Å². The lowest BCUT2D eigenvalue weighted by atomic mass is 10.1. The van der Waals surface area contributed by atoms with Crippen molar-refractivity contribution in [2.75, 3.05) is 6.54 Å². The van der Waals surface area contributed by atoms with E-state index in [2.05, 4.69) is 41.5 Å². The van der Waals surface area contributed by atoms with Crippen molar-refractivity contribution in [3.05, 3.63) is 65.7 Å². The third-order valence-corrected chi connectivity index (χ3v) is 3.54. The second-order valence-corrected chi connectivity index (χ2v) is 4.95. The maximum atomic E-state index is 5.41. The Balaban J connectivity index is 1.62. The van der Waals surface area contributed by atoms with Crippen LogP contribution in [0.4, 0.5) is 0 Å². The second kappa shape index (κ2) is 5.88. The maximum Gasteiger partial charge on any atom is 0.120 e. The molecular formula is C17H18N2O. The number of hydrogen-bond donors (Lipinski definition) is 1. The van der Waals surface area contributed by atoms with Gasteiger partial charge < -0.3 is 9.73 Å². The quantitative estimate of drug-likeness (QED) is 0.719. The summed E-state index contributed by atoms with van der Waals surface area (Å²) in [5.74, 6) is 1.01. The summed E-state index contributed by atoms with van der Waals surface area (Å²) < 4.78 is 5.41. The number of furan rings is 1. The van der Waals surface area contributed by atoms with E-state index >= 15 is 0 Å². The number of nitrogens with one attached hydrogen (secondary N) is 1. The van der Waals surface area contributed by atoms with Crippen LogP contribution in [0.15, 0.2) is 53.3 Å². The van der Waals surface area contributed by atoms with E-state index in [0.717, 1.165) is 30.8 Å². The van der Waals surface area contributed by atoms with Crippen LogP contribution in [0.5, 0.6) is 0 Å². The molecule has 0 fully saturated rings. The van der Waals surface area contributed by atoms with Crippen molar-refractivity contribution in [2.24, 2.45) is 0 Å². The van der Waals surface area contributed by atoms with Crippen LogP contribution in [0, 0.1) is 6.92 Å². The fraction of sp³-hybridized carbons (Fsp3) is 0.235. The number of aryl methyl sites for hydroxylation is 1. The van der Waals surface area contributed by atoms with Gasteiger partial charge in [-0.25, -0.2) is 0 Å². The van der Waals surface area contributed by atoms with Gasteiger partial charge in [0.25, 0.3) is 0 Å². The number of para-hydroxylation sites is 1. The van der Waals surface area contributed by atoms with E-state index in [-0.39, 0.29) is 0 Å². The van der Waals surface area contributed by atoms with Gasteiger partial charge in [-0.05, 0) is 43.1 Å². The van der Waals surface area contributed by atoms with Crippen molar-refractivity contribution >= 4 is 10.9 Å². The number of aromatic nitrogens is 1. The van der Waals surface area contributed by atoms with Gasteiger partial charge in [-0.1, -0.05) is 24.3 Å². The van der Waals surface area contributed by atoms with Gasteiger partial charge in [0.15, 0.2) is 0 Å². The van der Waals surface area contributed by atoms with Crippen LogP contribution in [0.25, 0.3) is 10.9 Å². The van der Waals surface area contributed by atoms with Crippen molar-refractivity contribution < 1.29 is 4.42 Å². The van der Waals surface area contributed by atoms with Crippen molar-refractivity contribution in [1.29, 1.82) is 0 Å². The van der Waals surface area contributed by atoms with E-state index in [1.54, 1.807) is 6.26 Å². The summed E-state index contributed by atoms with van der Waals surface area (Å²) in [5.41, 5.74) is 3.59. The first-order chi connectivity index (χ1) is 9.84. The Morgan fingerprint density at radius 3 is 2.90 bits per heavy atom. The minimum Gasteiger partial charge on any atom is -0.468 e. The van der Waals surface area contributed by atoms with E-state index in [4.69, 9.17) is 4.42 Å². The topological polar surface area (TPSA) is 38.1 Å². The fourth-order valence-electron chi connectivity index (χ4n) is 2.38. The molecule has 0 saturated heterocycles. The Hall–Kier alpha value is -2.13. The number of rotatable bonds is 5. The zero-order valence-corrected chi connectivity index (χ0v) is 11.6. The molecule has 0 aliphatic carbocycles. The lowest BCUT2D eigenvalue weighted by Crippen LogP contribution is -2.17. The molecule has 1 aromatic carbocycles. The summed E-state index contributed by atoms with van der Waals surface area (Å²) in [6, 6.07) is 12.4. The first-order valence-corrected chi connectivity index (χ1v) is 6.91. The molecule has 0 saturated carbocycles. The van der Waals surface area contributed by atoms with Gasteiger partial charge in [0.05, 0.1) is 18.3 Å². The summed E-state index contributed by atoms with van der Waals surface area (Å²) in [6.07, 6.45) is 4.56. The van der Waals surface area contributed by atoms with Gasteiger partial charge in [0.1, 0.15) is 5.76 Å². The first-order valence-electron chi connectivity index (χ1n) is 6.91.